The number of fused-ring (bicyclic) bond motifs is 1. The van der Waals surface area contributed by atoms with Crippen LogP contribution >= 0.6 is 11.3 Å². The number of aromatic nitrogens is 1. The van der Waals surface area contributed by atoms with E-state index in [2.05, 4.69) is 26.6 Å². The van der Waals surface area contributed by atoms with Gasteiger partial charge in [0.25, 0.3) is 0 Å². The Balaban J connectivity index is 1.29. The molecule has 1 fully saturated rings. The predicted octanol–water partition coefficient (Wildman–Crippen LogP) is 3.63. The number of piperidine rings is 1. The molecule has 6 heteroatoms. The first kappa shape index (κ1) is 17.5. The van der Waals surface area contributed by atoms with Crippen LogP contribution < -0.4 is 10.1 Å². The number of carbonyl (C=O) groups is 1. The molecule has 4 rings (SSSR count). The van der Waals surface area contributed by atoms with Crippen molar-refractivity contribution in [2.24, 2.45) is 5.92 Å². The molecule has 0 aliphatic carbocycles. The molecule has 26 heavy (non-hydrogen) atoms. The van der Waals surface area contributed by atoms with Gasteiger partial charge in [-0.05, 0) is 69.5 Å². The maximum Gasteiger partial charge on any atom is 0.227 e. The van der Waals surface area contributed by atoms with Gasteiger partial charge in [-0.2, -0.15) is 0 Å². The van der Waals surface area contributed by atoms with Crippen molar-refractivity contribution in [1.29, 1.82) is 0 Å². The molecule has 0 unspecified atom stereocenters. The van der Waals surface area contributed by atoms with Crippen LogP contribution in [0.3, 0.4) is 0 Å². The molecule has 2 aliphatic rings. The fourth-order valence-corrected chi connectivity index (χ4v) is 4.35. The summed E-state index contributed by atoms with van der Waals surface area (Å²) in [6, 6.07) is 5.98. The molecular formula is C20H25N3O2S. The van der Waals surface area contributed by atoms with E-state index in [1.54, 1.807) is 11.3 Å². The van der Waals surface area contributed by atoms with Crippen LogP contribution in [-0.4, -0.2) is 35.5 Å². The normalized spacial score (nSPS) is 18.2. The lowest BCUT2D eigenvalue weighted by atomic mass is 9.95. The molecule has 0 spiro atoms. The molecule has 1 saturated heterocycles. The summed E-state index contributed by atoms with van der Waals surface area (Å²) in [6.45, 7) is 5.62. The monoisotopic (exact) mass is 371 g/mol. The fraction of sp³-hybridized carbons (Fsp3) is 0.500. The Labute approximate surface area is 158 Å². The minimum absolute atomic E-state index is 0.0932. The number of rotatable bonds is 4. The van der Waals surface area contributed by atoms with Crippen molar-refractivity contribution in [3.63, 3.8) is 0 Å². The van der Waals surface area contributed by atoms with E-state index in [1.807, 2.05) is 19.1 Å². The standard InChI is InChI=1S/C20H25N3O2S/c1-14-21-18(13-26-14)12-23-8-6-15(7-9-23)20(24)22-17-4-5-19-16(11-17)3-2-10-25-19/h4-5,11,13,15H,2-3,6-10,12H2,1H3,(H,22,24). The van der Waals surface area contributed by atoms with Gasteiger partial charge in [-0.25, -0.2) is 4.98 Å². The van der Waals surface area contributed by atoms with Gasteiger partial charge in [-0.1, -0.05) is 0 Å². The summed E-state index contributed by atoms with van der Waals surface area (Å²) in [4.78, 5) is 19.6. The first-order valence-corrected chi connectivity index (χ1v) is 10.3. The van der Waals surface area contributed by atoms with Crippen molar-refractivity contribution < 1.29 is 9.53 Å². The van der Waals surface area contributed by atoms with Crippen LogP contribution in [-0.2, 0) is 17.8 Å². The summed E-state index contributed by atoms with van der Waals surface area (Å²) in [5, 5.41) is 6.35. The number of carbonyl (C=O) groups excluding carboxylic acids is 1. The van der Waals surface area contributed by atoms with Gasteiger partial charge in [-0.15, -0.1) is 11.3 Å². The minimum Gasteiger partial charge on any atom is -0.493 e. The van der Waals surface area contributed by atoms with Crippen molar-refractivity contribution in [2.45, 2.75) is 39.2 Å². The third kappa shape index (κ3) is 4.07. The van der Waals surface area contributed by atoms with Crippen LogP contribution in [0.15, 0.2) is 23.6 Å². The Morgan fingerprint density at radius 2 is 2.23 bits per heavy atom. The number of anilines is 1. The van der Waals surface area contributed by atoms with E-state index in [0.29, 0.717) is 0 Å². The topological polar surface area (TPSA) is 54.5 Å². The molecule has 2 aromatic rings. The number of ether oxygens (including phenoxy) is 1. The molecule has 2 aliphatic heterocycles. The summed E-state index contributed by atoms with van der Waals surface area (Å²) in [6.07, 6.45) is 3.88. The quantitative estimate of drug-likeness (QED) is 0.892. The largest absolute Gasteiger partial charge is 0.493 e. The zero-order valence-electron chi connectivity index (χ0n) is 15.2. The van der Waals surface area contributed by atoms with E-state index >= 15 is 0 Å². The highest BCUT2D eigenvalue weighted by Gasteiger charge is 2.25. The van der Waals surface area contributed by atoms with Gasteiger partial charge in [0.05, 0.1) is 17.3 Å². The van der Waals surface area contributed by atoms with E-state index in [1.165, 1.54) is 5.56 Å². The lowest BCUT2D eigenvalue weighted by Crippen LogP contribution is -2.37. The Kier molecular flexibility index (Phi) is 5.22. The van der Waals surface area contributed by atoms with Crippen LogP contribution in [0.25, 0.3) is 0 Å². The molecule has 3 heterocycles. The number of nitrogens with one attached hydrogen (secondary N) is 1. The maximum absolute atomic E-state index is 12.6. The number of hydrogen-bond acceptors (Lipinski definition) is 5. The molecule has 1 aromatic heterocycles. The second-order valence-corrected chi connectivity index (χ2v) is 8.23. The summed E-state index contributed by atoms with van der Waals surface area (Å²) in [5.74, 6) is 1.20. The molecule has 0 atom stereocenters. The number of nitrogens with zero attached hydrogens (tertiary/aromatic N) is 2. The third-order valence-electron chi connectivity index (χ3n) is 5.19. The van der Waals surface area contributed by atoms with Crippen LogP contribution in [0.4, 0.5) is 5.69 Å². The Bertz CT molecular complexity index is 781. The molecule has 0 saturated carbocycles. The van der Waals surface area contributed by atoms with Crippen molar-refractivity contribution in [3.05, 3.63) is 39.8 Å². The first-order valence-electron chi connectivity index (χ1n) is 9.37. The maximum atomic E-state index is 12.6. The second-order valence-electron chi connectivity index (χ2n) is 7.17. The number of likely N-dealkylation sites (tertiary alicyclic amines) is 1. The van der Waals surface area contributed by atoms with Crippen LogP contribution in [0, 0.1) is 12.8 Å². The SMILES string of the molecule is Cc1nc(CN2CCC(C(=O)Nc3ccc4c(c3)CCCO4)CC2)cs1. The summed E-state index contributed by atoms with van der Waals surface area (Å²) in [7, 11) is 0. The van der Waals surface area contributed by atoms with Gasteiger partial charge in [0.15, 0.2) is 0 Å². The highest BCUT2D eigenvalue weighted by molar-refractivity contribution is 7.09. The lowest BCUT2D eigenvalue weighted by Gasteiger charge is -2.30. The van der Waals surface area contributed by atoms with Crippen molar-refractivity contribution >= 4 is 22.9 Å². The van der Waals surface area contributed by atoms with Gasteiger partial charge < -0.3 is 10.1 Å². The Morgan fingerprint density at radius 1 is 1.38 bits per heavy atom. The summed E-state index contributed by atoms with van der Waals surface area (Å²) >= 11 is 1.70. The average Bonchev–Trinajstić information content (AvgIpc) is 3.07. The molecule has 1 N–H and O–H groups in total. The second kappa shape index (κ2) is 7.76. The number of amides is 1. The highest BCUT2D eigenvalue weighted by atomic mass is 32.1. The molecule has 138 valence electrons. The van der Waals surface area contributed by atoms with Crippen LogP contribution in [0.1, 0.15) is 35.5 Å². The van der Waals surface area contributed by atoms with E-state index in [9.17, 15) is 4.79 Å². The minimum atomic E-state index is 0.0932. The van der Waals surface area contributed by atoms with Gasteiger partial charge >= 0.3 is 0 Å². The summed E-state index contributed by atoms with van der Waals surface area (Å²) < 4.78 is 5.64. The van der Waals surface area contributed by atoms with Crippen LogP contribution in [0.5, 0.6) is 5.75 Å². The number of thiazole rings is 1. The van der Waals surface area contributed by atoms with Crippen molar-refractivity contribution in [3.8, 4) is 5.75 Å². The van der Waals surface area contributed by atoms with E-state index in [0.717, 1.165) is 74.1 Å². The molecule has 0 radical (unpaired) electrons. The average molecular weight is 372 g/mol. The van der Waals surface area contributed by atoms with Crippen molar-refractivity contribution in [2.75, 3.05) is 25.0 Å². The van der Waals surface area contributed by atoms with Crippen LogP contribution in [0.2, 0.25) is 0 Å². The molecule has 1 aromatic carbocycles. The van der Waals surface area contributed by atoms with Crippen molar-refractivity contribution in [1.82, 2.24) is 9.88 Å². The summed E-state index contributed by atoms with van der Waals surface area (Å²) in [5.41, 5.74) is 3.23. The zero-order chi connectivity index (χ0) is 17.9. The number of hydrogen-bond donors (Lipinski definition) is 1. The van der Waals surface area contributed by atoms with Gasteiger partial charge in [0, 0.05) is 23.5 Å². The number of benzene rings is 1. The van der Waals surface area contributed by atoms with E-state index in [-0.39, 0.29) is 11.8 Å². The molecule has 1 amide bonds. The number of aryl methyl sites for hydroxylation is 2. The Morgan fingerprint density at radius 3 is 3.00 bits per heavy atom. The van der Waals surface area contributed by atoms with Gasteiger partial charge in [-0.3, -0.25) is 9.69 Å². The Hall–Kier alpha value is -1.92. The van der Waals surface area contributed by atoms with Gasteiger partial charge in [0.1, 0.15) is 5.75 Å². The molecule has 5 nitrogen and oxygen atoms in total. The van der Waals surface area contributed by atoms with E-state index < -0.39 is 0 Å². The van der Waals surface area contributed by atoms with E-state index in [4.69, 9.17) is 4.74 Å². The fourth-order valence-electron chi connectivity index (χ4n) is 3.75. The molecular weight excluding hydrogens is 346 g/mol. The highest BCUT2D eigenvalue weighted by Crippen LogP contribution is 2.28. The van der Waals surface area contributed by atoms with Gasteiger partial charge in [0.2, 0.25) is 5.91 Å². The zero-order valence-corrected chi connectivity index (χ0v) is 16.0. The third-order valence-corrected chi connectivity index (χ3v) is 6.01. The lowest BCUT2D eigenvalue weighted by molar-refractivity contribution is -0.121. The first-order chi connectivity index (χ1) is 12.7. The predicted molar refractivity (Wildman–Crippen MR) is 104 cm³/mol. The smallest absolute Gasteiger partial charge is 0.227 e. The molecule has 0 bridgehead atoms.